The Balaban J connectivity index is 1.91. The van der Waals surface area contributed by atoms with E-state index in [0.29, 0.717) is 6.42 Å². The molecule has 0 aliphatic rings. The predicted octanol–water partition coefficient (Wildman–Crippen LogP) is 5.78. The third kappa shape index (κ3) is 8.55. The lowest BCUT2D eigenvalue weighted by molar-refractivity contribution is -0.140. The first-order valence-electron chi connectivity index (χ1n) is 11.7. The van der Waals surface area contributed by atoms with Crippen LogP contribution in [0.15, 0.2) is 83.8 Å². The van der Waals surface area contributed by atoms with Gasteiger partial charge in [0.25, 0.3) is 0 Å². The van der Waals surface area contributed by atoms with E-state index in [0.717, 1.165) is 21.6 Å². The van der Waals surface area contributed by atoms with Gasteiger partial charge in [-0.2, -0.15) is 0 Å². The van der Waals surface area contributed by atoms with Crippen LogP contribution in [-0.2, 0) is 22.6 Å². The number of halogens is 1. The first kappa shape index (κ1) is 26.5. The topological polar surface area (TPSA) is 49.4 Å². The Hall–Kier alpha value is -3.12. The number of thioether (sulfide) groups is 1. The summed E-state index contributed by atoms with van der Waals surface area (Å²) in [7, 11) is 0. The Morgan fingerprint density at radius 2 is 1.54 bits per heavy atom. The maximum Gasteiger partial charge on any atom is 0.243 e. The summed E-state index contributed by atoms with van der Waals surface area (Å²) < 4.78 is 13.5. The Morgan fingerprint density at radius 1 is 0.914 bits per heavy atom. The monoisotopic (exact) mass is 492 g/mol. The van der Waals surface area contributed by atoms with Gasteiger partial charge >= 0.3 is 0 Å². The number of hydrogen-bond acceptors (Lipinski definition) is 3. The second kappa shape index (κ2) is 12.0. The van der Waals surface area contributed by atoms with Crippen molar-refractivity contribution in [3.8, 4) is 0 Å². The lowest BCUT2D eigenvalue weighted by Gasteiger charge is -2.34. The van der Waals surface area contributed by atoms with Crippen LogP contribution in [0.3, 0.4) is 0 Å². The van der Waals surface area contributed by atoms with E-state index < -0.39 is 11.6 Å². The highest BCUT2D eigenvalue weighted by Gasteiger charge is 2.32. The molecule has 1 atom stereocenters. The van der Waals surface area contributed by atoms with Crippen molar-refractivity contribution < 1.29 is 14.0 Å². The second-order valence-corrected chi connectivity index (χ2v) is 10.7. The van der Waals surface area contributed by atoms with Gasteiger partial charge in [-0.05, 0) is 63.1 Å². The lowest BCUT2D eigenvalue weighted by Crippen LogP contribution is -2.54. The van der Waals surface area contributed by atoms with Gasteiger partial charge in [-0.3, -0.25) is 9.59 Å². The first-order valence-corrected chi connectivity index (χ1v) is 12.7. The number of rotatable bonds is 9. The summed E-state index contributed by atoms with van der Waals surface area (Å²) in [6.07, 6.45) is 0.380. The summed E-state index contributed by atoms with van der Waals surface area (Å²) >= 11 is 1.44. The Bertz CT molecular complexity index is 1110. The predicted molar refractivity (Wildman–Crippen MR) is 141 cm³/mol. The van der Waals surface area contributed by atoms with Crippen LogP contribution in [-0.4, -0.2) is 34.0 Å². The molecular weight excluding hydrogens is 459 g/mol. The quantitative estimate of drug-likeness (QED) is 0.385. The van der Waals surface area contributed by atoms with E-state index in [1.54, 1.807) is 17.0 Å². The SMILES string of the molecule is Cc1ccc(SCC(=O)N(Cc2ccc(F)cc2)C(Cc2ccccc2)C(=O)NC(C)(C)C)cc1. The van der Waals surface area contributed by atoms with Crippen molar-refractivity contribution in [2.75, 3.05) is 5.75 Å². The molecular formula is C29H33FN2O2S. The highest BCUT2D eigenvalue weighted by Crippen LogP contribution is 2.22. The maximum absolute atomic E-state index is 13.6. The van der Waals surface area contributed by atoms with E-state index in [4.69, 9.17) is 0 Å². The van der Waals surface area contributed by atoms with Gasteiger partial charge in [0.15, 0.2) is 0 Å². The number of carbonyl (C=O) groups is 2. The number of nitrogens with zero attached hydrogens (tertiary/aromatic N) is 1. The summed E-state index contributed by atoms with van der Waals surface area (Å²) in [4.78, 5) is 29.7. The van der Waals surface area contributed by atoms with Crippen LogP contribution in [0.5, 0.6) is 0 Å². The van der Waals surface area contributed by atoms with Crippen LogP contribution in [0.1, 0.15) is 37.5 Å². The molecule has 6 heteroatoms. The molecule has 2 amide bonds. The van der Waals surface area contributed by atoms with Gasteiger partial charge in [0.05, 0.1) is 5.75 Å². The fourth-order valence-electron chi connectivity index (χ4n) is 3.66. The molecule has 3 aromatic rings. The Kier molecular flexibility index (Phi) is 9.10. The number of hydrogen-bond donors (Lipinski definition) is 1. The minimum atomic E-state index is -0.715. The number of carbonyl (C=O) groups excluding carboxylic acids is 2. The van der Waals surface area contributed by atoms with Crippen LogP contribution in [0, 0.1) is 12.7 Å². The van der Waals surface area contributed by atoms with E-state index in [-0.39, 0.29) is 29.9 Å². The zero-order chi connectivity index (χ0) is 25.4. The summed E-state index contributed by atoms with van der Waals surface area (Å²) in [6, 6.07) is 23.0. The molecule has 3 rings (SSSR count). The van der Waals surface area contributed by atoms with E-state index in [1.807, 2.05) is 82.3 Å². The standard InChI is InChI=1S/C29H33FN2O2S/c1-21-10-16-25(17-11-21)35-20-27(33)32(19-23-12-14-24(30)15-13-23)26(28(34)31-29(2,3)4)18-22-8-6-5-7-9-22/h5-17,26H,18-20H2,1-4H3,(H,31,34). The molecule has 1 N–H and O–H groups in total. The molecule has 4 nitrogen and oxygen atoms in total. The molecule has 0 spiro atoms. The molecule has 0 aliphatic heterocycles. The van der Waals surface area contributed by atoms with Gasteiger partial charge in [-0.25, -0.2) is 4.39 Å². The molecule has 184 valence electrons. The molecule has 35 heavy (non-hydrogen) atoms. The average molecular weight is 493 g/mol. The van der Waals surface area contributed by atoms with Crippen LogP contribution in [0.2, 0.25) is 0 Å². The van der Waals surface area contributed by atoms with Crippen molar-refractivity contribution in [1.82, 2.24) is 10.2 Å². The fourth-order valence-corrected chi connectivity index (χ4v) is 4.44. The number of benzene rings is 3. The average Bonchev–Trinajstić information content (AvgIpc) is 2.81. The normalized spacial score (nSPS) is 12.1. The highest BCUT2D eigenvalue weighted by molar-refractivity contribution is 8.00. The van der Waals surface area contributed by atoms with Crippen LogP contribution >= 0.6 is 11.8 Å². The van der Waals surface area contributed by atoms with E-state index in [2.05, 4.69) is 5.32 Å². The van der Waals surface area contributed by atoms with Crippen molar-refractivity contribution >= 4 is 23.6 Å². The summed E-state index contributed by atoms with van der Waals surface area (Å²) in [5.74, 6) is -0.506. The van der Waals surface area contributed by atoms with Gasteiger partial charge in [0.2, 0.25) is 11.8 Å². The van der Waals surface area contributed by atoms with Crippen LogP contribution < -0.4 is 5.32 Å². The smallest absolute Gasteiger partial charge is 0.243 e. The summed E-state index contributed by atoms with van der Waals surface area (Å²) in [6.45, 7) is 7.99. The van der Waals surface area contributed by atoms with Crippen LogP contribution in [0.4, 0.5) is 4.39 Å². The van der Waals surface area contributed by atoms with E-state index in [1.165, 1.54) is 23.9 Å². The third-order valence-corrected chi connectivity index (χ3v) is 6.42. The summed E-state index contributed by atoms with van der Waals surface area (Å²) in [5, 5.41) is 3.05. The van der Waals surface area contributed by atoms with E-state index in [9.17, 15) is 14.0 Å². The molecule has 0 saturated heterocycles. The van der Waals surface area contributed by atoms with E-state index >= 15 is 0 Å². The number of nitrogens with one attached hydrogen (secondary N) is 1. The molecule has 3 aromatic carbocycles. The molecule has 0 radical (unpaired) electrons. The first-order chi connectivity index (χ1) is 16.6. The third-order valence-electron chi connectivity index (χ3n) is 5.42. The van der Waals surface area contributed by atoms with Crippen molar-refractivity contribution in [2.24, 2.45) is 0 Å². The molecule has 1 unspecified atom stereocenters. The molecule has 0 fully saturated rings. The fraction of sp³-hybridized carbons (Fsp3) is 0.310. The van der Waals surface area contributed by atoms with Crippen LogP contribution in [0.25, 0.3) is 0 Å². The van der Waals surface area contributed by atoms with Gasteiger partial charge in [0.1, 0.15) is 11.9 Å². The van der Waals surface area contributed by atoms with Gasteiger partial charge in [-0.1, -0.05) is 60.2 Å². The van der Waals surface area contributed by atoms with Crippen molar-refractivity contribution in [3.63, 3.8) is 0 Å². The molecule has 0 saturated carbocycles. The Morgan fingerprint density at radius 3 is 2.14 bits per heavy atom. The minimum absolute atomic E-state index is 0.148. The lowest BCUT2D eigenvalue weighted by atomic mass is 10.0. The molecule has 0 bridgehead atoms. The zero-order valence-corrected chi connectivity index (χ0v) is 21.6. The van der Waals surface area contributed by atoms with Crippen molar-refractivity contribution in [3.05, 3.63) is 101 Å². The number of aryl methyl sites for hydroxylation is 1. The van der Waals surface area contributed by atoms with Gasteiger partial charge < -0.3 is 10.2 Å². The van der Waals surface area contributed by atoms with Crippen molar-refractivity contribution in [1.29, 1.82) is 0 Å². The maximum atomic E-state index is 13.6. The van der Waals surface area contributed by atoms with Crippen molar-refractivity contribution in [2.45, 2.75) is 57.1 Å². The second-order valence-electron chi connectivity index (χ2n) is 9.69. The minimum Gasteiger partial charge on any atom is -0.350 e. The highest BCUT2D eigenvalue weighted by atomic mass is 32.2. The molecule has 0 heterocycles. The zero-order valence-electron chi connectivity index (χ0n) is 20.8. The Labute approximate surface area is 211 Å². The van der Waals surface area contributed by atoms with Gasteiger partial charge in [0, 0.05) is 23.4 Å². The molecule has 0 aliphatic carbocycles. The molecule has 0 aromatic heterocycles. The number of amides is 2. The largest absolute Gasteiger partial charge is 0.350 e. The summed E-state index contributed by atoms with van der Waals surface area (Å²) in [5.41, 5.74) is 2.43. The van der Waals surface area contributed by atoms with Gasteiger partial charge in [-0.15, -0.1) is 11.8 Å².